The molecule has 2 aromatic carbocycles. The minimum Gasteiger partial charge on any atom is -0.454 e. The first-order chi connectivity index (χ1) is 17.7. The lowest BCUT2D eigenvalue weighted by Gasteiger charge is -2.34. The van der Waals surface area contributed by atoms with E-state index in [0.29, 0.717) is 5.02 Å². The maximum Gasteiger partial charge on any atom is 0.338 e. The molecule has 0 spiro atoms. The van der Waals surface area contributed by atoms with Gasteiger partial charge in [0.05, 0.1) is 38.2 Å². The smallest absolute Gasteiger partial charge is 0.338 e. The summed E-state index contributed by atoms with van der Waals surface area (Å²) in [5, 5.41) is 0.0801. The topological polar surface area (TPSA) is 80.8 Å². The van der Waals surface area contributed by atoms with E-state index >= 15 is 0 Å². The van der Waals surface area contributed by atoms with Gasteiger partial charge in [0, 0.05) is 10.6 Å². The zero-order valence-corrected chi connectivity index (χ0v) is 24.5. The van der Waals surface area contributed by atoms with E-state index in [1.165, 1.54) is 42.5 Å². The fourth-order valence-electron chi connectivity index (χ4n) is 5.00. The molecule has 0 radical (unpaired) electrons. The highest BCUT2D eigenvalue weighted by molar-refractivity contribution is 6.67. The zero-order valence-electron chi connectivity index (χ0n) is 18.4. The van der Waals surface area contributed by atoms with Gasteiger partial charge in [-0.25, -0.2) is 9.69 Å². The molecule has 2 fully saturated rings. The first-order valence-corrected chi connectivity index (χ1v) is 13.7. The highest BCUT2D eigenvalue weighted by Gasteiger charge is 2.87. The molecule has 38 heavy (non-hydrogen) atoms. The van der Waals surface area contributed by atoms with Crippen LogP contribution in [0.5, 0.6) is 0 Å². The van der Waals surface area contributed by atoms with Gasteiger partial charge in [-0.1, -0.05) is 69.6 Å². The molecule has 0 unspecified atom stereocenters. The maximum absolute atomic E-state index is 13.4. The lowest BCUT2D eigenvalue weighted by molar-refractivity contribution is -0.123. The normalized spacial score (nSPS) is 29.2. The lowest BCUT2D eigenvalue weighted by atomic mass is 9.84. The van der Waals surface area contributed by atoms with Gasteiger partial charge >= 0.3 is 5.97 Å². The van der Waals surface area contributed by atoms with Crippen molar-refractivity contribution in [2.24, 2.45) is 11.8 Å². The first-order valence-electron chi connectivity index (χ1n) is 10.6. The standard InChI is InChI=1S/C24H11Cl8NO5/c25-10-3-6-12(13(26)7-10)14(34)8-38-21(37)9-1-4-11(5-2-9)33-19(35)15-16(20(33)36)23(30)18(28)17(27)22(15,29)24(23,31)32/h1-7,15-16H,8H2/t15-,16-,22-,23-/m0/s1. The molecule has 3 aliphatic rings. The number of rotatable bonds is 5. The van der Waals surface area contributed by atoms with Crippen molar-refractivity contribution < 1.29 is 23.9 Å². The molecule has 1 heterocycles. The zero-order chi connectivity index (χ0) is 27.9. The summed E-state index contributed by atoms with van der Waals surface area (Å²) in [7, 11) is 0. The average Bonchev–Trinajstić information content (AvgIpc) is 3.25. The number of carbonyl (C=O) groups excluding carboxylic acids is 4. The second kappa shape index (κ2) is 9.42. The molecule has 6 nitrogen and oxygen atoms in total. The summed E-state index contributed by atoms with van der Waals surface area (Å²) in [6, 6.07) is 9.64. The Hall–Kier alpha value is -1.22. The van der Waals surface area contributed by atoms with Crippen molar-refractivity contribution in [2.45, 2.75) is 14.1 Å². The number of hydrogen-bond acceptors (Lipinski definition) is 5. The molecule has 0 aromatic heterocycles. The van der Waals surface area contributed by atoms with Gasteiger partial charge in [0.25, 0.3) is 0 Å². The Morgan fingerprint density at radius 2 is 1.34 bits per heavy atom. The second-order valence-electron chi connectivity index (χ2n) is 8.76. The van der Waals surface area contributed by atoms with E-state index in [-0.39, 0.29) is 31.9 Å². The Morgan fingerprint density at radius 1 is 0.816 bits per heavy atom. The van der Waals surface area contributed by atoms with Crippen LogP contribution in [0.2, 0.25) is 10.0 Å². The highest BCUT2D eigenvalue weighted by Crippen LogP contribution is 2.77. The number of allylic oxidation sites excluding steroid dienone is 2. The number of fused-ring (bicyclic) bond motifs is 5. The number of hydrogen-bond donors (Lipinski definition) is 0. The number of nitrogens with zero attached hydrogens (tertiary/aromatic N) is 1. The van der Waals surface area contributed by atoms with E-state index in [1.54, 1.807) is 0 Å². The Kier molecular flexibility index (Phi) is 7.02. The van der Waals surface area contributed by atoms with E-state index in [1.807, 2.05) is 0 Å². The number of carbonyl (C=O) groups is 4. The molecular weight excluding hydrogens is 666 g/mol. The molecule has 2 bridgehead atoms. The summed E-state index contributed by atoms with van der Waals surface area (Å²) < 4.78 is 3.04. The van der Waals surface area contributed by atoms with E-state index in [0.717, 1.165) is 4.90 Å². The van der Waals surface area contributed by atoms with Crippen molar-refractivity contribution >= 4 is 122 Å². The third-order valence-corrected chi connectivity index (χ3v) is 11.6. The van der Waals surface area contributed by atoms with Crippen LogP contribution in [0.25, 0.3) is 0 Å². The highest BCUT2D eigenvalue weighted by atomic mass is 35.5. The second-order valence-corrected chi connectivity index (χ2v) is 12.9. The third kappa shape index (κ3) is 3.61. The molecule has 2 amide bonds. The largest absolute Gasteiger partial charge is 0.454 e. The third-order valence-electron chi connectivity index (χ3n) is 6.84. The Morgan fingerprint density at radius 3 is 1.84 bits per heavy atom. The predicted molar refractivity (Wildman–Crippen MR) is 147 cm³/mol. The lowest BCUT2D eigenvalue weighted by Crippen LogP contribution is -2.50. The van der Waals surface area contributed by atoms with E-state index in [9.17, 15) is 19.2 Å². The molecule has 1 saturated heterocycles. The molecular formula is C24H11Cl8NO5. The maximum atomic E-state index is 13.4. The summed E-state index contributed by atoms with van der Waals surface area (Å²) in [6.07, 6.45) is 0. The minimum absolute atomic E-state index is 0.0547. The molecule has 1 saturated carbocycles. The van der Waals surface area contributed by atoms with E-state index in [2.05, 4.69) is 0 Å². The molecule has 198 valence electrons. The number of Topliss-reactive ketones (excluding diaryl/α,β-unsaturated/α-hetero) is 1. The van der Waals surface area contributed by atoms with Gasteiger partial charge in [0.1, 0.15) is 9.75 Å². The Labute approximate surface area is 255 Å². The van der Waals surface area contributed by atoms with Crippen molar-refractivity contribution in [2.75, 3.05) is 11.5 Å². The van der Waals surface area contributed by atoms with Gasteiger partial charge in [0.2, 0.25) is 17.6 Å². The molecule has 14 heteroatoms. The van der Waals surface area contributed by atoms with Crippen LogP contribution < -0.4 is 4.90 Å². The van der Waals surface area contributed by atoms with Gasteiger partial charge in [-0.3, -0.25) is 14.4 Å². The van der Waals surface area contributed by atoms with Crippen LogP contribution in [0.1, 0.15) is 20.7 Å². The van der Waals surface area contributed by atoms with Crippen LogP contribution in [0, 0.1) is 11.8 Å². The number of esters is 1. The molecule has 2 aromatic rings. The summed E-state index contributed by atoms with van der Waals surface area (Å²) >= 11 is 50.8. The van der Waals surface area contributed by atoms with Gasteiger partial charge in [-0.2, -0.15) is 0 Å². The number of benzene rings is 2. The van der Waals surface area contributed by atoms with E-state index < -0.39 is 56.1 Å². The number of halogens is 8. The average molecular weight is 677 g/mol. The predicted octanol–water partition coefficient (Wildman–Crippen LogP) is 6.98. The SMILES string of the molecule is O=C(OCC(=O)c1ccc(Cl)cc1Cl)c1ccc(N2C(=O)[C@@H]3[C@@H](C2=O)[C@]2(Cl)C(Cl)=C(Cl)[C@]3(Cl)C2(Cl)Cl)cc1. The number of ether oxygens (including phenoxy) is 1. The van der Waals surface area contributed by atoms with Crippen molar-refractivity contribution in [3.05, 3.63) is 73.7 Å². The van der Waals surface area contributed by atoms with Crippen LogP contribution >= 0.6 is 92.8 Å². The van der Waals surface area contributed by atoms with Crippen molar-refractivity contribution in [1.29, 1.82) is 0 Å². The number of anilines is 1. The first kappa shape index (κ1) is 28.3. The van der Waals surface area contributed by atoms with Crippen LogP contribution in [0.15, 0.2) is 52.5 Å². The molecule has 1 aliphatic heterocycles. The Bertz CT molecular complexity index is 1430. The fraction of sp³-hybridized carbons (Fsp3) is 0.250. The number of imide groups is 1. The van der Waals surface area contributed by atoms with Crippen LogP contribution in [-0.2, 0) is 14.3 Å². The fourth-order valence-corrected chi connectivity index (χ4v) is 8.45. The Balaban J connectivity index is 1.34. The molecule has 0 N–H and O–H groups in total. The van der Waals surface area contributed by atoms with Crippen molar-refractivity contribution in [3.8, 4) is 0 Å². The summed E-state index contributed by atoms with van der Waals surface area (Å²) in [4.78, 5) is 48.7. The van der Waals surface area contributed by atoms with Crippen LogP contribution in [0.3, 0.4) is 0 Å². The monoisotopic (exact) mass is 673 g/mol. The molecule has 2 aliphatic carbocycles. The van der Waals surface area contributed by atoms with Crippen LogP contribution in [-0.4, -0.2) is 44.3 Å². The molecule has 5 rings (SSSR count). The minimum atomic E-state index is -2.04. The van der Waals surface area contributed by atoms with Gasteiger partial charge < -0.3 is 4.74 Å². The van der Waals surface area contributed by atoms with Gasteiger partial charge in [-0.15, -0.1) is 23.2 Å². The van der Waals surface area contributed by atoms with Crippen molar-refractivity contribution in [3.63, 3.8) is 0 Å². The number of alkyl halides is 4. The van der Waals surface area contributed by atoms with Crippen molar-refractivity contribution in [1.82, 2.24) is 0 Å². The summed E-state index contributed by atoms with van der Waals surface area (Å²) in [5.74, 6) is -5.38. The van der Waals surface area contributed by atoms with Crippen LogP contribution in [0.4, 0.5) is 5.69 Å². The quantitative estimate of drug-likeness (QED) is 0.148. The summed E-state index contributed by atoms with van der Waals surface area (Å²) in [5.41, 5.74) is 0.322. The molecule has 4 atom stereocenters. The summed E-state index contributed by atoms with van der Waals surface area (Å²) in [6.45, 7) is -0.572. The van der Waals surface area contributed by atoms with E-state index in [4.69, 9.17) is 97.5 Å². The van der Waals surface area contributed by atoms with Gasteiger partial charge in [-0.05, 0) is 42.5 Å². The number of ketones is 1. The number of amides is 2. The van der Waals surface area contributed by atoms with Gasteiger partial charge in [0.15, 0.2) is 10.9 Å².